The molecule has 1 aromatic carbocycles. The number of nitrogens with zero attached hydrogens (tertiary/aromatic N) is 1. The molecule has 0 bridgehead atoms. The Morgan fingerprint density at radius 3 is 3.12 bits per heavy atom. The van der Waals surface area contributed by atoms with Crippen LogP contribution in [0.5, 0.6) is 5.75 Å². The van der Waals surface area contributed by atoms with Gasteiger partial charge in [-0.05, 0) is 30.2 Å². The maximum absolute atomic E-state index is 9.53. The maximum Gasteiger partial charge on any atom is 0.115 e. The molecule has 1 N–H and O–H groups in total. The lowest BCUT2D eigenvalue weighted by Gasteiger charge is -2.35. The molecule has 1 aliphatic rings. The van der Waals surface area contributed by atoms with Crippen LogP contribution in [0.1, 0.15) is 18.9 Å². The molecule has 1 saturated heterocycles. The van der Waals surface area contributed by atoms with Gasteiger partial charge in [-0.3, -0.25) is 4.90 Å². The normalized spacial score (nSPS) is 21.6. The molecule has 1 aliphatic heterocycles. The molecule has 0 aliphatic carbocycles. The van der Waals surface area contributed by atoms with Gasteiger partial charge in [-0.15, -0.1) is 0 Å². The number of aromatic hydroxyl groups is 1. The van der Waals surface area contributed by atoms with Crippen LogP contribution < -0.4 is 0 Å². The summed E-state index contributed by atoms with van der Waals surface area (Å²) in [5.41, 5.74) is 1.13. The Bertz CT molecular complexity index is 384. The second-order valence-electron chi connectivity index (χ2n) is 4.38. The van der Waals surface area contributed by atoms with Gasteiger partial charge in [0.05, 0.1) is 13.2 Å². The molecule has 4 heteroatoms. The minimum Gasteiger partial charge on any atom is -0.508 e. The number of phenols is 1. The third kappa shape index (κ3) is 3.21. The van der Waals surface area contributed by atoms with E-state index in [0.717, 1.165) is 42.8 Å². The van der Waals surface area contributed by atoms with Crippen LogP contribution >= 0.6 is 15.9 Å². The molecule has 1 heterocycles. The third-order valence-corrected chi connectivity index (χ3v) is 4.00. The number of hydrogen-bond acceptors (Lipinski definition) is 3. The summed E-state index contributed by atoms with van der Waals surface area (Å²) in [6.45, 7) is 5.61. The Morgan fingerprint density at radius 1 is 1.53 bits per heavy atom. The highest BCUT2D eigenvalue weighted by atomic mass is 79.9. The van der Waals surface area contributed by atoms with Gasteiger partial charge in [0.2, 0.25) is 0 Å². The molecule has 1 atom stereocenters. The minimum absolute atomic E-state index is 0.324. The quantitative estimate of drug-likeness (QED) is 0.931. The van der Waals surface area contributed by atoms with Gasteiger partial charge in [0.15, 0.2) is 0 Å². The molecule has 0 aromatic heterocycles. The first kappa shape index (κ1) is 12.9. The summed E-state index contributed by atoms with van der Waals surface area (Å²) in [6, 6.07) is 5.90. The molecule has 0 spiro atoms. The molecule has 1 unspecified atom stereocenters. The fourth-order valence-electron chi connectivity index (χ4n) is 2.17. The highest BCUT2D eigenvalue weighted by Gasteiger charge is 2.21. The number of hydrogen-bond donors (Lipinski definition) is 1. The molecular weight excluding hydrogens is 282 g/mol. The molecule has 0 amide bonds. The Balaban J connectivity index is 2.10. The number of morpholine rings is 1. The van der Waals surface area contributed by atoms with E-state index in [1.807, 2.05) is 12.1 Å². The van der Waals surface area contributed by atoms with E-state index >= 15 is 0 Å². The van der Waals surface area contributed by atoms with Crippen molar-refractivity contribution in [3.63, 3.8) is 0 Å². The smallest absolute Gasteiger partial charge is 0.115 e. The van der Waals surface area contributed by atoms with Crippen LogP contribution in [0, 0.1) is 0 Å². The molecule has 3 nitrogen and oxygen atoms in total. The molecule has 0 saturated carbocycles. The van der Waals surface area contributed by atoms with Crippen molar-refractivity contribution >= 4 is 15.9 Å². The van der Waals surface area contributed by atoms with E-state index in [9.17, 15) is 5.11 Å². The second kappa shape index (κ2) is 5.85. The van der Waals surface area contributed by atoms with Crippen molar-refractivity contribution in [3.05, 3.63) is 28.2 Å². The Morgan fingerprint density at radius 2 is 2.35 bits per heavy atom. The highest BCUT2D eigenvalue weighted by molar-refractivity contribution is 9.10. The van der Waals surface area contributed by atoms with Crippen molar-refractivity contribution in [3.8, 4) is 5.75 Å². The average molecular weight is 300 g/mol. The molecule has 17 heavy (non-hydrogen) atoms. The number of benzene rings is 1. The predicted molar refractivity (Wildman–Crippen MR) is 71.1 cm³/mol. The monoisotopic (exact) mass is 299 g/mol. The SMILES string of the molecule is CCC1COCCN1Cc1cc(O)ccc1Br. The summed E-state index contributed by atoms with van der Waals surface area (Å²) < 4.78 is 6.54. The molecule has 94 valence electrons. The van der Waals surface area contributed by atoms with Crippen LogP contribution in [0.2, 0.25) is 0 Å². The Kier molecular flexibility index (Phi) is 4.42. The first-order chi connectivity index (χ1) is 8.20. The average Bonchev–Trinajstić information content (AvgIpc) is 2.34. The Labute approximate surface area is 111 Å². The summed E-state index contributed by atoms with van der Waals surface area (Å²) >= 11 is 3.53. The summed E-state index contributed by atoms with van der Waals surface area (Å²) in [6.07, 6.45) is 1.09. The van der Waals surface area contributed by atoms with Gasteiger partial charge >= 0.3 is 0 Å². The zero-order valence-corrected chi connectivity index (χ0v) is 11.6. The molecule has 1 fully saturated rings. The Hall–Kier alpha value is -0.580. The fraction of sp³-hybridized carbons (Fsp3) is 0.538. The zero-order valence-electron chi connectivity index (χ0n) is 10.0. The van der Waals surface area contributed by atoms with Crippen LogP contribution in [0.15, 0.2) is 22.7 Å². The van der Waals surface area contributed by atoms with Crippen molar-refractivity contribution in [1.82, 2.24) is 4.90 Å². The lowest BCUT2D eigenvalue weighted by molar-refractivity contribution is -0.0128. The lowest BCUT2D eigenvalue weighted by Crippen LogP contribution is -2.44. The first-order valence-corrected chi connectivity index (χ1v) is 6.79. The number of rotatable bonds is 3. The van der Waals surface area contributed by atoms with E-state index in [1.54, 1.807) is 6.07 Å². The van der Waals surface area contributed by atoms with Crippen molar-refractivity contribution in [2.45, 2.75) is 25.9 Å². The van der Waals surface area contributed by atoms with Crippen LogP contribution in [0.25, 0.3) is 0 Å². The topological polar surface area (TPSA) is 32.7 Å². The zero-order chi connectivity index (χ0) is 12.3. The van der Waals surface area contributed by atoms with E-state index in [1.165, 1.54) is 0 Å². The minimum atomic E-state index is 0.324. The predicted octanol–water partition coefficient (Wildman–Crippen LogP) is 2.77. The molecule has 0 radical (unpaired) electrons. The summed E-state index contributed by atoms with van der Waals surface area (Å²) in [5.74, 6) is 0.324. The van der Waals surface area contributed by atoms with Crippen molar-refractivity contribution in [2.75, 3.05) is 19.8 Å². The van der Waals surface area contributed by atoms with Crippen molar-refractivity contribution < 1.29 is 9.84 Å². The van der Waals surface area contributed by atoms with E-state index in [4.69, 9.17) is 4.74 Å². The van der Waals surface area contributed by atoms with Crippen molar-refractivity contribution in [1.29, 1.82) is 0 Å². The van der Waals surface area contributed by atoms with Crippen molar-refractivity contribution in [2.24, 2.45) is 0 Å². The van der Waals surface area contributed by atoms with Crippen LogP contribution in [-0.4, -0.2) is 35.8 Å². The fourth-order valence-corrected chi connectivity index (χ4v) is 2.55. The van der Waals surface area contributed by atoms with Gasteiger partial charge in [0.1, 0.15) is 5.75 Å². The van der Waals surface area contributed by atoms with E-state index in [-0.39, 0.29) is 0 Å². The van der Waals surface area contributed by atoms with Crippen LogP contribution in [-0.2, 0) is 11.3 Å². The maximum atomic E-state index is 9.53. The van der Waals surface area contributed by atoms with E-state index < -0.39 is 0 Å². The lowest BCUT2D eigenvalue weighted by atomic mass is 10.1. The standard InChI is InChI=1S/C13H18BrNO2/c1-2-11-9-17-6-5-15(11)8-10-7-12(16)3-4-13(10)14/h3-4,7,11,16H,2,5-6,8-9H2,1H3. The first-order valence-electron chi connectivity index (χ1n) is 6.00. The van der Waals surface area contributed by atoms with Crippen LogP contribution in [0.4, 0.5) is 0 Å². The number of halogens is 1. The van der Waals surface area contributed by atoms with E-state index in [2.05, 4.69) is 27.8 Å². The van der Waals surface area contributed by atoms with Gasteiger partial charge in [0.25, 0.3) is 0 Å². The second-order valence-corrected chi connectivity index (χ2v) is 5.24. The van der Waals surface area contributed by atoms with Gasteiger partial charge < -0.3 is 9.84 Å². The largest absolute Gasteiger partial charge is 0.508 e. The highest BCUT2D eigenvalue weighted by Crippen LogP contribution is 2.24. The van der Waals surface area contributed by atoms with Gasteiger partial charge in [0, 0.05) is 23.6 Å². The summed E-state index contributed by atoms with van der Waals surface area (Å²) in [7, 11) is 0. The van der Waals surface area contributed by atoms with E-state index in [0.29, 0.717) is 11.8 Å². The van der Waals surface area contributed by atoms with Gasteiger partial charge in [-0.1, -0.05) is 22.9 Å². The van der Waals surface area contributed by atoms with Gasteiger partial charge in [-0.2, -0.15) is 0 Å². The summed E-state index contributed by atoms with van der Waals surface area (Å²) in [4.78, 5) is 2.42. The molecule has 2 rings (SSSR count). The third-order valence-electron chi connectivity index (χ3n) is 3.22. The molecular formula is C13H18BrNO2. The van der Waals surface area contributed by atoms with Gasteiger partial charge in [-0.25, -0.2) is 0 Å². The van der Waals surface area contributed by atoms with Crippen LogP contribution in [0.3, 0.4) is 0 Å². The summed E-state index contributed by atoms with van der Waals surface area (Å²) in [5, 5.41) is 9.53. The number of ether oxygens (including phenoxy) is 1. The number of phenolic OH excluding ortho intramolecular Hbond substituents is 1. The molecule has 1 aromatic rings.